The second kappa shape index (κ2) is 9.09. The quantitative estimate of drug-likeness (QED) is 0.394. The fourth-order valence-corrected chi connectivity index (χ4v) is 5.10. The number of carbonyl (C=O) groups is 1. The number of imidazole rings is 1. The molecular weight excluding hydrogens is 508 g/mol. The number of ether oxygens (including phenoxy) is 1. The van der Waals surface area contributed by atoms with Gasteiger partial charge in [0, 0.05) is 30.6 Å². The van der Waals surface area contributed by atoms with E-state index in [1.54, 1.807) is 12.1 Å². The van der Waals surface area contributed by atoms with E-state index in [9.17, 15) is 17.6 Å². The first-order valence-electron chi connectivity index (χ1n) is 9.55. The van der Waals surface area contributed by atoms with Crippen LogP contribution in [-0.4, -0.2) is 42.9 Å². The number of benzene rings is 1. The SMILES string of the molecule is CNC(=O)c1ncn2cc(-c3c(F)ccc(NS(=O)(=O)c4cc(Cl)cnc4OC)c3Cl)ccc12. The van der Waals surface area contributed by atoms with Crippen molar-refractivity contribution < 1.29 is 22.3 Å². The van der Waals surface area contributed by atoms with Crippen molar-refractivity contribution in [3.63, 3.8) is 0 Å². The summed E-state index contributed by atoms with van der Waals surface area (Å²) in [5.74, 6) is -1.23. The molecular formula is C21H16Cl2FN5O4S. The standard InChI is InChI=1S/C21H16Cl2FN5O4S/c1-25-20(30)19-15-6-3-11(9-29(15)10-27-19)17-13(24)4-5-14(18(17)23)28-34(31,32)16-7-12(22)8-26-21(16)33-2/h3-10,28H,1-2H3,(H,25,30). The maximum Gasteiger partial charge on any atom is 0.271 e. The molecule has 0 saturated heterocycles. The van der Waals surface area contributed by atoms with Crippen molar-refractivity contribution in [2.24, 2.45) is 0 Å². The van der Waals surface area contributed by atoms with E-state index in [0.717, 1.165) is 6.07 Å². The smallest absolute Gasteiger partial charge is 0.271 e. The Bertz CT molecular complexity index is 1540. The number of sulfonamides is 1. The Hall–Kier alpha value is -3.41. The van der Waals surface area contributed by atoms with Crippen LogP contribution in [0, 0.1) is 5.82 Å². The van der Waals surface area contributed by atoms with Gasteiger partial charge in [-0.25, -0.2) is 22.8 Å². The summed E-state index contributed by atoms with van der Waals surface area (Å²) in [6.07, 6.45) is 4.17. The van der Waals surface area contributed by atoms with Gasteiger partial charge in [0.2, 0.25) is 5.88 Å². The summed E-state index contributed by atoms with van der Waals surface area (Å²) >= 11 is 12.3. The topological polar surface area (TPSA) is 115 Å². The van der Waals surface area contributed by atoms with Gasteiger partial charge in [-0.3, -0.25) is 9.52 Å². The molecule has 0 aliphatic rings. The minimum absolute atomic E-state index is 0.0462. The van der Waals surface area contributed by atoms with Crippen molar-refractivity contribution in [2.45, 2.75) is 4.90 Å². The van der Waals surface area contributed by atoms with Gasteiger partial charge < -0.3 is 14.5 Å². The lowest BCUT2D eigenvalue weighted by Crippen LogP contribution is -2.18. The highest BCUT2D eigenvalue weighted by molar-refractivity contribution is 7.92. The predicted octanol–water partition coefficient (Wildman–Crippen LogP) is 4.01. The lowest BCUT2D eigenvalue weighted by Gasteiger charge is -2.15. The van der Waals surface area contributed by atoms with Crippen molar-refractivity contribution in [1.29, 1.82) is 0 Å². The molecule has 0 aliphatic heterocycles. The van der Waals surface area contributed by atoms with Gasteiger partial charge in [0.15, 0.2) is 10.6 Å². The van der Waals surface area contributed by atoms with Gasteiger partial charge >= 0.3 is 0 Å². The van der Waals surface area contributed by atoms with Gasteiger partial charge in [-0.2, -0.15) is 0 Å². The Balaban J connectivity index is 1.78. The first-order valence-corrected chi connectivity index (χ1v) is 11.8. The monoisotopic (exact) mass is 523 g/mol. The molecule has 0 unspecified atom stereocenters. The number of nitrogens with zero attached hydrogens (tertiary/aromatic N) is 3. The zero-order valence-electron chi connectivity index (χ0n) is 17.6. The molecule has 0 aliphatic carbocycles. The zero-order chi connectivity index (χ0) is 24.6. The van der Waals surface area contributed by atoms with E-state index in [1.165, 1.54) is 49.4 Å². The lowest BCUT2D eigenvalue weighted by atomic mass is 10.1. The van der Waals surface area contributed by atoms with Gasteiger partial charge in [-0.15, -0.1) is 0 Å². The Morgan fingerprint density at radius 3 is 2.65 bits per heavy atom. The number of methoxy groups -OCH3 is 1. The van der Waals surface area contributed by atoms with E-state index in [4.69, 9.17) is 27.9 Å². The Kier molecular flexibility index (Phi) is 6.34. The van der Waals surface area contributed by atoms with Crippen LogP contribution in [-0.2, 0) is 10.0 Å². The van der Waals surface area contributed by atoms with E-state index in [1.807, 2.05) is 0 Å². The van der Waals surface area contributed by atoms with E-state index in [-0.39, 0.29) is 43.7 Å². The van der Waals surface area contributed by atoms with Crippen molar-refractivity contribution >= 4 is 50.3 Å². The van der Waals surface area contributed by atoms with Crippen LogP contribution in [0.4, 0.5) is 10.1 Å². The molecule has 2 N–H and O–H groups in total. The van der Waals surface area contributed by atoms with Crippen LogP contribution in [0.2, 0.25) is 10.0 Å². The maximum absolute atomic E-state index is 14.8. The van der Waals surface area contributed by atoms with E-state index in [0.29, 0.717) is 11.1 Å². The molecule has 9 nitrogen and oxygen atoms in total. The van der Waals surface area contributed by atoms with Gasteiger partial charge in [-0.05, 0) is 24.3 Å². The number of amides is 1. The molecule has 0 atom stereocenters. The van der Waals surface area contributed by atoms with Crippen molar-refractivity contribution in [2.75, 3.05) is 18.9 Å². The molecule has 3 heterocycles. The minimum atomic E-state index is -4.25. The average Bonchev–Trinajstić information content (AvgIpc) is 3.24. The third-order valence-electron chi connectivity index (χ3n) is 4.86. The summed E-state index contributed by atoms with van der Waals surface area (Å²) in [6.45, 7) is 0. The summed E-state index contributed by atoms with van der Waals surface area (Å²) in [7, 11) is -1.50. The third kappa shape index (κ3) is 4.25. The molecule has 4 aromatic rings. The normalized spacial score (nSPS) is 11.4. The predicted molar refractivity (Wildman–Crippen MR) is 126 cm³/mol. The number of nitrogens with one attached hydrogen (secondary N) is 2. The first kappa shape index (κ1) is 23.7. The number of hydrogen-bond donors (Lipinski definition) is 2. The fraction of sp³-hybridized carbons (Fsp3) is 0.0952. The maximum atomic E-state index is 14.8. The molecule has 1 aromatic carbocycles. The van der Waals surface area contributed by atoms with E-state index >= 15 is 0 Å². The Labute approximate surface area is 203 Å². The Morgan fingerprint density at radius 1 is 1.18 bits per heavy atom. The molecule has 4 rings (SSSR count). The van der Waals surface area contributed by atoms with Crippen LogP contribution in [0.5, 0.6) is 5.88 Å². The van der Waals surface area contributed by atoms with Crippen LogP contribution in [0.3, 0.4) is 0 Å². The number of pyridine rings is 2. The van der Waals surface area contributed by atoms with Crippen molar-refractivity contribution in [1.82, 2.24) is 19.7 Å². The summed E-state index contributed by atoms with van der Waals surface area (Å²) in [5.41, 5.74) is 0.911. The van der Waals surface area contributed by atoms with Crippen LogP contribution in [0.15, 0.2) is 53.9 Å². The molecule has 1 amide bonds. The zero-order valence-corrected chi connectivity index (χ0v) is 20.0. The molecule has 0 radical (unpaired) electrons. The summed E-state index contributed by atoms with van der Waals surface area (Å²) < 4.78 is 49.7. The largest absolute Gasteiger partial charge is 0.480 e. The number of halogens is 3. The lowest BCUT2D eigenvalue weighted by molar-refractivity contribution is 0.0960. The molecule has 3 aromatic heterocycles. The molecule has 0 fully saturated rings. The fourth-order valence-electron chi connectivity index (χ4n) is 3.29. The van der Waals surface area contributed by atoms with Crippen LogP contribution in [0.25, 0.3) is 16.6 Å². The number of anilines is 1. The van der Waals surface area contributed by atoms with Gasteiger partial charge in [-0.1, -0.05) is 29.3 Å². The van der Waals surface area contributed by atoms with Gasteiger partial charge in [0.25, 0.3) is 15.9 Å². The highest BCUT2D eigenvalue weighted by Crippen LogP contribution is 2.38. The average molecular weight is 524 g/mol. The number of aromatic nitrogens is 3. The van der Waals surface area contributed by atoms with Gasteiger partial charge in [0.1, 0.15) is 12.1 Å². The molecule has 176 valence electrons. The van der Waals surface area contributed by atoms with E-state index < -0.39 is 15.8 Å². The summed E-state index contributed by atoms with van der Waals surface area (Å²) in [6, 6.07) is 6.59. The Morgan fingerprint density at radius 2 is 1.94 bits per heavy atom. The molecule has 13 heteroatoms. The molecule has 0 bridgehead atoms. The first-order chi connectivity index (χ1) is 16.2. The van der Waals surface area contributed by atoms with E-state index in [2.05, 4.69) is 20.0 Å². The highest BCUT2D eigenvalue weighted by atomic mass is 35.5. The van der Waals surface area contributed by atoms with Gasteiger partial charge in [0.05, 0.1) is 28.4 Å². The highest BCUT2D eigenvalue weighted by Gasteiger charge is 2.24. The van der Waals surface area contributed by atoms with Crippen molar-refractivity contribution in [3.05, 3.63) is 70.6 Å². The molecule has 0 spiro atoms. The number of rotatable bonds is 6. The third-order valence-corrected chi connectivity index (χ3v) is 6.82. The summed E-state index contributed by atoms with van der Waals surface area (Å²) in [4.78, 5) is 19.6. The number of fused-ring (bicyclic) bond motifs is 1. The minimum Gasteiger partial charge on any atom is -0.480 e. The molecule has 0 saturated carbocycles. The second-order valence-corrected chi connectivity index (χ2v) is 9.40. The van der Waals surface area contributed by atoms with Crippen LogP contribution < -0.4 is 14.8 Å². The second-order valence-electron chi connectivity index (χ2n) is 6.93. The van der Waals surface area contributed by atoms with Crippen molar-refractivity contribution in [3.8, 4) is 17.0 Å². The molecule has 34 heavy (non-hydrogen) atoms. The number of hydrogen-bond acceptors (Lipinski definition) is 6. The summed E-state index contributed by atoms with van der Waals surface area (Å²) in [5, 5.41) is 2.40. The van der Waals surface area contributed by atoms with Crippen LogP contribution in [0.1, 0.15) is 10.5 Å². The van der Waals surface area contributed by atoms with Crippen LogP contribution >= 0.6 is 23.2 Å². The number of carbonyl (C=O) groups excluding carboxylic acids is 1.